The van der Waals surface area contributed by atoms with Gasteiger partial charge in [0, 0.05) is 22.4 Å². The highest BCUT2D eigenvalue weighted by Gasteiger charge is 2.34. The summed E-state index contributed by atoms with van der Waals surface area (Å²) in [7, 11) is 0. The van der Waals surface area contributed by atoms with Gasteiger partial charge in [-0.25, -0.2) is 19.1 Å². The fourth-order valence-electron chi connectivity index (χ4n) is 2.63. The van der Waals surface area contributed by atoms with Gasteiger partial charge in [-0.05, 0) is 6.92 Å². The first kappa shape index (κ1) is 18.1. The number of aromatic nitrogens is 5. The predicted octanol–water partition coefficient (Wildman–Crippen LogP) is 4.10. The van der Waals surface area contributed by atoms with Crippen molar-refractivity contribution in [3.05, 3.63) is 54.8 Å². The molecule has 12 heteroatoms. The van der Waals surface area contributed by atoms with Gasteiger partial charge in [0.2, 0.25) is 0 Å². The van der Waals surface area contributed by atoms with Crippen molar-refractivity contribution >= 4 is 39.2 Å². The van der Waals surface area contributed by atoms with Gasteiger partial charge in [-0.2, -0.15) is 18.3 Å². The zero-order chi connectivity index (χ0) is 19.3. The largest absolute Gasteiger partial charge is 0.435 e. The third-order valence-corrected chi connectivity index (χ3v) is 5.60. The normalized spacial score (nSPS) is 12.2. The molecule has 0 saturated carbocycles. The molecule has 0 aliphatic heterocycles. The van der Waals surface area contributed by atoms with Crippen LogP contribution in [0.4, 0.5) is 13.2 Å². The van der Waals surface area contributed by atoms with Gasteiger partial charge in [0.25, 0.3) is 5.56 Å². The predicted molar refractivity (Wildman–Crippen MR) is 96.5 cm³/mol. The van der Waals surface area contributed by atoms with Crippen LogP contribution in [-0.4, -0.2) is 24.1 Å². The topological polar surface area (TPSA) is 65.1 Å². The van der Waals surface area contributed by atoms with Crippen molar-refractivity contribution in [3.63, 3.8) is 0 Å². The number of nitrogens with zero attached hydrogens (tertiary/aromatic N) is 5. The van der Waals surface area contributed by atoms with Crippen LogP contribution in [0.2, 0.25) is 5.15 Å². The van der Waals surface area contributed by atoms with E-state index in [-0.39, 0.29) is 23.0 Å². The van der Waals surface area contributed by atoms with Crippen molar-refractivity contribution in [2.75, 3.05) is 0 Å². The molecule has 0 aliphatic rings. The number of hydrogen-bond acceptors (Lipinski definition) is 6. The number of thiazole rings is 2. The van der Waals surface area contributed by atoms with Crippen LogP contribution in [0.3, 0.4) is 0 Å². The van der Waals surface area contributed by atoms with Gasteiger partial charge in [-0.3, -0.25) is 4.79 Å². The second-order valence-corrected chi connectivity index (χ2v) is 7.88. The minimum Gasteiger partial charge on any atom is -0.269 e. The number of aryl methyl sites for hydroxylation is 1. The van der Waals surface area contributed by atoms with Crippen molar-refractivity contribution < 1.29 is 13.2 Å². The second kappa shape index (κ2) is 6.43. The van der Waals surface area contributed by atoms with Crippen LogP contribution < -0.4 is 5.56 Å². The van der Waals surface area contributed by atoms with Crippen LogP contribution in [-0.2, 0) is 12.7 Å². The number of halogens is 4. The molecular weight excluding hydrogens is 423 g/mol. The van der Waals surface area contributed by atoms with Gasteiger partial charge in [0.1, 0.15) is 5.15 Å². The minimum absolute atomic E-state index is 0.149. The van der Waals surface area contributed by atoms with Crippen LogP contribution in [0.5, 0.6) is 0 Å². The monoisotopic (exact) mass is 431 g/mol. The smallest absolute Gasteiger partial charge is 0.269 e. The van der Waals surface area contributed by atoms with Crippen molar-refractivity contribution in [3.8, 4) is 11.4 Å². The highest BCUT2D eigenvalue weighted by molar-refractivity contribution is 7.17. The van der Waals surface area contributed by atoms with Gasteiger partial charge in [-0.1, -0.05) is 11.6 Å². The lowest BCUT2D eigenvalue weighted by atomic mass is 10.3. The lowest BCUT2D eigenvalue weighted by Crippen LogP contribution is -2.17. The van der Waals surface area contributed by atoms with Crippen LogP contribution in [0.1, 0.15) is 16.3 Å². The lowest BCUT2D eigenvalue weighted by molar-refractivity contribution is -0.141. The van der Waals surface area contributed by atoms with E-state index in [4.69, 9.17) is 11.6 Å². The highest BCUT2D eigenvalue weighted by Crippen LogP contribution is 2.31. The average Bonchev–Trinajstić information content (AvgIpc) is 3.26. The SMILES string of the molecule is Cc1sc2nc(Cn3nc(C(F)(F)F)cc3Cl)cc(=O)n2c1-c1cscn1. The van der Waals surface area contributed by atoms with E-state index in [2.05, 4.69) is 15.1 Å². The van der Waals surface area contributed by atoms with Crippen LogP contribution >= 0.6 is 34.3 Å². The molecule has 0 radical (unpaired) electrons. The molecule has 0 aromatic carbocycles. The maximum Gasteiger partial charge on any atom is 0.435 e. The number of hydrogen-bond donors (Lipinski definition) is 0. The Bertz CT molecular complexity index is 1190. The summed E-state index contributed by atoms with van der Waals surface area (Å²) >= 11 is 8.56. The summed E-state index contributed by atoms with van der Waals surface area (Å²) in [5.41, 5.74) is 1.83. The fourth-order valence-corrected chi connectivity index (χ4v) is 4.37. The van der Waals surface area contributed by atoms with Gasteiger partial charge < -0.3 is 0 Å². The van der Waals surface area contributed by atoms with Crippen molar-refractivity contribution in [2.45, 2.75) is 19.6 Å². The van der Waals surface area contributed by atoms with E-state index < -0.39 is 11.9 Å². The Morgan fingerprint density at radius 3 is 2.70 bits per heavy atom. The molecule has 0 atom stereocenters. The van der Waals surface area contributed by atoms with Crippen LogP contribution in [0.15, 0.2) is 27.8 Å². The Labute approximate surface area is 162 Å². The number of alkyl halides is 3. The van der Waals surface area contributed by atoms with Gasteiger partial charge in [-0.15, -0.1) is 22.7 Å². The van der Waals surface area contributed by atoms with Crippen molar-refractivity contribution in [1.29, 1.82) is 0 Å². The first-order valence-corrected chi connectivity index (χ1v) is 9.59. The molecule has 4 rings (SSSR count). The van der Waals surface area contributed by atoms with E-state index in [9.17, 15) is 18.0 Å². The molecule has 0 unspecified atom stereocenters. The van der Waals surface area contributed by atoms with E-state index in [1.54, 1.807) is 5.51 Å². The van der Waals surface area contributed by atoms with Gasteiger partial charge >= 0.3 is 6.18 Å². The molecule has 0 bridgehead atoms. The molecule has 0 saturated heterocycles. The first-order chi connectivity index (χ1) is 12.7. The van der Waals surface area contributed by atoms with Crippen LogP contribution in [0, 0.1) is 6.92 Å². The number of rotatable bonds is 3. The quantitative estimate of drug-likeness (QED) is 0.489. The Morgan fingerprint density at radius 1 is 1.30 bits per heavy atom. The molecular formula is C15H9ClF3N5OS2. The van der Waals surface area contributed by atoms with E-state index in [0.717, 1.165) is 15.6 Å². The summed E-state index contributed by atoms with van der Waals surface area (Å²) in [5.74, 6) is 0. The standard InChI is InChI=1S/C15H9ClF3N5OS2/c1-7-13(9-5-26-6-20-9)24-12(25)2-8(21-14(24)27-7)4-23-11(16)3-10(22-23)15(17,18)19/h2-3,5-6H,4H2,1H3. The molecule has 0 spiro atoms. The lowest BCUT2D eigenvalue weighted by Gasteiger charge is -2.05. The molecule has 4 aromatic rings. The minimum atomic E-state index is -4.60. The molecule has 140 valence electrons. The maximum atomic E-state index is 12.8. The zero-order valence-electron chi connectivity index (χ0n) is 13.5. The molecule has 0 N–H and O–H groups in total. The zero-order valence-corrected chi connectivity index (χ0v) is 15.9. The Hall–Kier alpha value is -2.24. The van der Waals surface area contributed by atoms with Crippen molar-refractivity contribution in [2.24, 2.45) is 0 Å². The van der Waals surface area contributed by atoms with Crippen LogP contribution in [0.25, 0.3) is 16.3 Å². The summed E-state index contributed by atoms with van der Waals surface area (Å²) in [4.78, 5) is 22.5. The third-order valence-electron chi connectivity index (χ3n) is 3.75. The fraction of sp³-hybridized carbons (Fsp3) is 0.200. The van der Waals surface area contributed by atoms with Gasteiger partial charge in [0.15, 0.2) is 10.7 Å². The average molecular weight is 432 g/mol. The van der Waals surface area contributed by atoms with Gasteiger partial charge in [0.05, 0.1) is 29.1 Å². The highest BCUT2D eigenvalue weighted by atomic mass is 35.5. The van der Waals surface area contributed by atoms with E-state index in [1.807, 2.05) is 12.3 Å². The van der Waals surface area contributed by atoms with E-state index in [1.165, 1.54) is 33.1 Å². The molecule has 4 aromatic heterocycles. The molecule has 6 nitrogen and oxygen atoms in total. The molecule has 4 heterocycles. The number of fused-ring (bicyclic) bond motifs is 1. The summed E-state index contributed by atoms with van der Waals surface area (Å²) in [5, 5.41) is 5.10. The summed E-state index contributed by atoms with van der Waals surface area (Å²) in [6.07, 6.45) is -4.60. The molecule has 27 heavy (non-hydrogen) atoms. The second-order valence-electron chi connectivity index (χ2n) is 5.59. The first-order valence-electron chi connectivity index (χ1n) is 7.45. The Morgan fingerprint density at radius 2 is 2.07 bits per heavy atom. The van der Waals surface area contributed by atoms with E-state index in [0.29, 0.717) is 16.3 Å². The summed E-state index contributed by atoms with van der Waals surface area (Å²) < 4.78 is 40.7. The summed E-state index contributed by atoms with van der Waals surface area (Å²) in [6.45, 7) is 1.71. The van der Waals surface area contributed by atoms with Crippen molar-refractivity contribution in [1.82, 2.24) is 24.1 Å². The molecule has 0 amide bonds. The molecule has 0 fully saturated rings. The maximum absolute atomic E-state index is 12.8. The Balaban J connectivity index is 1.77. The Kier molecular flexibility index (Phi) is 4.32. The molecule has 0 aliphatic carbocycles. The van der Waals surface area contributed by atoms with E-state index >= 15 is 0 Å². The third kappa shape index (κ3) is 3.26. The summed E-state index contributed by atoms with van der Waals surface area (Å²) in [6, 6.07) is 2.00.